The fraction of sp³-hybridized carbons (Fsp3) is 0.818. The molecule has 0 rings (SSSR count). The van der Waals surface area contributed by atoms with Crippen molar-refractivity contribution in [3.8, 4) is 0 Å². The van der Waals surface area contributed by atoms with E-state index >= 15 is 0 Å². The molecule has 0 aromatic carbocycles. The Morgan fingerprint density at radius 3 is 2.27 bits per heavy atom. The van der Waals surface area contributed by atoms with Gasteiger partial charge < -0.3 is 0 Å². The van der Waals surface area contributed by atoms with Crippen molar-refractivity contribution in [3.63, 3.8) is 0 Å². The van der Waals surface area contributed by atoms with Gasteiger partial charge in [0.05, 0.1) is 10.8 Å². The molecule has 0 aliphatic rings. The van der Waals surface area contributed by atoms with E-state index in [4.69, 9.17) is 34.8 Å². The minimum Gasteiger partial charge on any atom is -0.122 e. The molecule has 0 aliphatic heterocycles. The third kappa shape index (κ3) is 7.68. The molecule has 0 saturated heterocycles. The van der Waals surface area contributed by atoms with Crippen LogP contribution >= 0.6 is 34.8 Å². The second-order valence-corrected chi connectivity index (χ2v) is 6.25. The van der Waals surface area contributed by atoms with Gasteiger partial charge in [-0.25, -0.2) is 0 Å². The predicted octanol–water partition coefficient (Wildman–Crippen LogP) is 3.73. The second-order valence-electron chi connectivity index (χ2n) is 3.81. The van der Waals surface area contributed by atoms with Gasteiger partial charge in [-0.3, -0.25) is 0 Å². The van der Waals surface area contributed by atoms with E-state index in [9.17, 15) is 0 Å². The Hall–Kier alpha value is 0.827. The minimum absolute atomic E-state index is 0.0202. The maximum absolute atomic E-state index is 6.20. The normalized spacial score (nSPS) is 17.3. The van der Waals surface area contributed by atoms with Gasteiger partial charge in [0, 0.05) is 15.6 Å². The molecule has 0 bridgehead atoms. The van der Waals surface area contributed by atoms with Crippen molar-refractivity contribution in [1.82, 2.24) is 0 Å². The summed E-state index contributed by atoms with van der Waals surface area (Å²) in [5.41, 5.74) is 0. The zero-order chi connectivity index (χ0) is 11.7. The number of rotatable bonds is 9. The first kappa shape index (κ1) is 15.8. The summed E-state index contributed by atoms with van der Waals surface area (Å²) in [5, 5.41) is -0.00825. The molecule has 0 amide bonds. The van der Waals surface area contributed by atoms with E-state index in [2.05, 4.69) is 6.58 Å². The molecule has 0 saturated carbocycles. The molecule has 0 radical (unpaired) electrons. The summed E-state index contributed by atoms with van der Waals surface area (Å²) in [4.78, 5) is 0. The van der Waals surface area contributed by atoms with Crippen LogP contribution in [0.15, 0.2) is 12.7 Å². The summed E-state index contributed by atoms with van der Waals surface area (Å²) in [6.07, 6.45) is 7.56. The summed E-state index contributed by atoms with van der Waals surface area (Å²) < 4.78 is 0. The molecule has 3 unspecified atom stereocenters. The fourth-order valence-corrected chi connectivity index (χ4v) is 3.11. The van der Waals surface area contributed by atoms with Gasteiger partial charge in [-0.2, -0.15) is 0 Å². The predicted molar refractivity (Wildman–Crippen MR) is 77.0 cm³/mol. The Morgan fingerprint density at radius 2 is 1.73 bits per heavy atom. The van der Waals surface area contributed by atoms with Crippen LogP contribution in [0.3, 0.4) is 0 Å². The van der Waals surface area contributed by atoms with E-state index < -0.39 is 0 Å². The molecule has 0 aliphatic carbocycles. The molecule has 0 N–H and O–H groups in total. The van der Waals surface area contributed by atoms with Crippen LogP contribution in [0.1, 0.15) is 32.1 Å². The standard InChI is InChI=1S/C11H21Cl3Si/c1-2-3-4-5-6-7-9(12)11(14)10(13)8-15/h2,9-11H,1,3-8H2,15H3. The van der Waals surface area contributed by atoms with Crippen LogP contribution in [0, 0.1) is 0 Å². The molecule has 0 spiro atoms. The van der Waals surface area contributed by atoms with Gasteiger partial charge in [-0.05, 0) is 25.3 Å². The first-order valence-corrected chi connectivity index (χ1v) is 8.38. The number of allylic oxidation sites excluding steroid dienone is 1. The van der Waals surface area contributed by atoms with Crippen molar-refractivity contribution in [3.05, 3.63) is 12.7 Å². The van der Waals surface area contributed by atoms with Gasteiger partial charge in [0.15, 0.2) is 0 Å². The van der Waals surface area contributed by atoms with Crippen molar-refractivity contribution in [2.24, 2.45) is 0 Å². The third-order valence-corrected chi connectivity index (χ3v) is 5.80. The largest absolute Gasteiger partial charge is 0.122 e. The van der Waals surface area contributed by atoms with Crippen LogP contribution in [0.25, 0.3) is 0 Å². The molecule has 0 aromatic heterocycles. The molecule has 0 fully saturated rings. The zero-order valence-electron chi connectivity index (χ0n) is 9.39. The molecular formula is C11H21Cl3Si. The monoisotopic (exact) mass is 286 g/mol. The number of halogens is 3. The second kappa shape index (κ2) is 10.0. The molecule has 0 nitrogen and oxygen atoms in total. The molecule has 15 heavy (non-hydrogen) atoms. The Kier molecular flexibility index (Phi) is 10.6. The van der Waals surface area contributed by atoms with E-state index in [0.29, 0.717) is 0 Å². The van der Waals surface area contributed by atoms with Gasteiger partial charge >= 0.3 is 0 Å². The highest BCUT2D eigenvalue weighted by Gasteiger charge is 2.22. The number of alkyl halides is 3. The van der Waals surface area contributed by atoms with Crippen molar-refractivity contribution in [2.45, 2.75) is 54.3 Å². The molecule has 0 aromatic rings. The lowest BCUT2D eigenvalue weighted by Crippen LogP contribution is -2.25. The molecule has 3 atom stereocenters. The van der Waals surface area contributed by atoms with Crippen LogP contribution in [0.2, 0.25) is 6.04 Å². The van der Waals surface area contributed by atoms with Gasteiger partial charge in [-0.15, -0.1) is 41.4 Å². The Balaban J connectivity index is 3.54. The maximum Gasteiger partial charge on any atom is 0.0660 e. The van der Waals surface area contributed by atoms with Crippen LogP contribution in [-0.2, 0) is 0 Å². The third-order valence-electron chi connectivity index (χ3n) is 2.47. The Bertz CT molecular complexity index is 164. The van der Waals surface area contributed by atoms with Crippen molar-refractivity contribution >= 4 is 45.0 Å². The highest BCUT2D eigenvalue weighted by molar-refractivity contribution is 6.36. The number of hydrogen-bond acceptors (Lipinski definition) is 0. The summed E-state index contributed by atoms with van der Waals surface area (Å²) in [6, 6.07) is 1.01. The van der Waals surface area contributed by atoms with Crippen molar-refractivity contribution < 1.29 is 0 Å². The summed E-state index contributed by atoms with van der Waals surface area (Å²) in [6.45, 7) is 3.70. The van der Waals surface area contributed by atoms with E-state index in [1.807, 2.05) is 6.08 Å². The van der Waals surface area contributed by atoms with Crippen molar-refractivity contribution in [2.75, 3.05) is 0 Å². The van der Waals surface area contributed by atoms with Gasteiger partial charge in [0.2, 0.25) is 0 Å². The average molecular weight is 288 g/mol. The van der Waals surface area contributed by atoms with E-state index in [1.165, 1.54) is 12.8 Å². The van der Waals surface area contributed by atoms with E-state index in [0.717, 1.165) is 35.5 Å². The quantitative estimate of drug-likeness (QED) is 0.262. The highest BCUT2D eigenvalue weighted by atomic mass is 35.5. The van der Waals surface area contributed by atoms with Crippen molar-refractivity contribution in [1.29, 1.82) is 0 Å². The number of hydrogen-bond donors (Lipinski definition) is 0. The van der Waals surface area contributed by atoms with Gasteiger partial charge in [0.25, 0.3) is 0 Å². The molecular weight excluding hydrogens is 267 g/mol. The van der Waals surface area contributed by atoms with Crippen LogP contribution < -0.4 is 0 Å². The molecule has 4 heteroatoms. The van der Waals surface area contributed by atoms with Crippen LogP contribution in [0.4, 0.5) is 0 Å². The average Bonchev–Trinajstić information content (AvgIpc) is 2.26. The summed E-state index contributed by atoms with van der Waals surface area (Å²) >= 11 is 18.4. The first-order valence-electron chi connectivity index (χ1n) is 5.66. The van der Waals surface area contributed by atoms with E-state index in [1.54, 1.807) is 0 Å². The van der Waals surface area contributed by atoms with Gasteiger partial charge in [-0.1, -0.05) is 18.9 Å². The van der Waals surface area contributed by atoms with Crippen LogP contribution in [0.5, 0.6) is 0 Å². The Labute approximate surface area is 112 Å². The lowest BCUT2D eigenvalue weighted by molar-refractivity contribution is 0.604. The summed E-state index contributed by atoms with van der Waals surface area (Å²) in [5.74, 6) is 0. The summed E-state index contributed by atoms with van der Waals surface area (Å²) in [7, 11) is 1.09. The molecule has 0 heterocycles. The fourth-order valence-electron chi connectivity index (χ4n) is 1.42. The molecule has 90 valence electrons. The van der Waals surface area contributed by atoms with Crippen LogP contribution in [-0.4, -0.2) is 26.4 Å². The first-order chi connectivity index (χ1) is 7.13. The number of unbranched alkanes of at least 4 members (excludes halogenated alkanes) is 3. The smallest absolute Gasteiger partial charge is 0.0660 e. The SMILES string of the molecule is C=CCCCCCC(Cl)C(Cl)C(Cl)C[SiH3]. The highest BCUT2D eigenvalue weighted by Crippen LogP contribution is 2.24. The van der Waals surface area contributed by atoms with Gasteiger partial charge in [0.1, 0.15) is 0 Å². The lowest BCUT2D eigenvalue weighted by Gasteiger charge is -2.19. The minimum atomic E-state index is -0.0785. The maximum atomic E-state index is 6.20. The lowest BCUT2D eigenvalue weighted by atomic mass is 10.1. The van der Waals surface area contributed by atoms with E-state index in [-0.39, 0.29) is 16.1 Å². The Morgan fingerprint density at radius 1 is 1.07 bits per heavy atom. The topological polar surface area (TPSA) is 0 Å². The zero-order valence-corrected chi connectivity index (χ0v) is 13.7.